The molecule has 3 N–H and O–H groups in total. The first-order valence-electron chi connectivity index (χ1n) is 7.00. The standard InChI is InChI=1S/C16H13N3O3S2/c1-3-22-19-8(2)11-4-5-12(24-11)10-7-23-16-13(10)14(20)9(6-17)15(21)18-16/h4-5,7,19H,2-3H2,1H3,(H2,18,20,21). The third-order valence-electron chi connectivity index (χ3n) is 3.34. The van der Waals surface area contributed by atoms with Crippen molar-refractivity contribution in [2.45, 2.75) is 6.92 Å². The summed E-state index contributed by atoms with van der Waals surface area (Å²) in [5, 5.41) is 21.7. The Morgan fingerprint density at radius 3 is 3.04 bits per heavy atom. The van der Waals surface area contributed by atoms with Gasteiger partial charge in [-0.15, -0.1) is 22.7 Å². The van der Waals surface area contributed by atoms with Crippen LogP contribution in [0.3, 0.4) is 0 Å². The van der Waals surface area contributed by atoms with Crippen molar-refractivity contribution in [1.82, 2.24) is 10.5 Å². The maximum Gasteiger partial charge on any atom is 0.270 e. The average Bonchev–Trinajstić information content (AvgIpc) is 3.19. The average molecular weight is 359 g/mol. The molecule has 0 unspecified atom stereocenters. The molecule has 0 saturated heterocycles. The van der Waals surface area contributed by atoms with Gasteiger partial charge in [-0.2, -0.15) is 5.26 Å². The Bertz CT molecular complexity index is 1020. The second-order valence-electron chi connectivity index (χ2n) is 4.82. The third-order valence-corrected chi connectivity index (χ3v) is 5.41. The smallest absolute Gasteiger partial charge is 0.270 e. The number of pyridine rings is 1. The number of nitrogens with one attached hydrogen (secondary N) is 2. The van der Waals surface area contributed by atoms with Crippen molar-refractivity contribution in [3.05, 3.63) is 44.9 Å². The zero-order valence-electron chi connectivity index (χ0n) is 12.7. The predicted octanol–water partition coefficient (Wildman–Crippen LogP) is 3.41. The molecule has 8 heteroatoms. The van der Waals surface area contributed by atoms with Crippen molar-refractivity contribution >= 4 is 38.6 Å². The molecule has 0 saturated carbocycles. The molecule has 3 aromatic heterocycles. The number of fused-ring (bicyclic) bond motifs is 1. The summed E-state index contributed by atoms with van der Waals surface area (Å²) in [5.41, 5.74) is 3.30. The maximum absolute atomic E-state index is 11.8. The van der Waals surface area contributed by atoms with Gasteiger partial charge >= 0.3 is 0 Å². The summed E-state index contributed by atoms with van der Waals surface area (Å²) in [7, 11) is 0. The molecule has 3 heterocycles. The number of hydroxylamine groups is 1. The fraction of sp³-hybridized carbons (Fsp3) is 0.125. The number of aromatic hydroxyl groups is 1. The highest BCUT2D eigenvalue weighted by Gasteiger charge is 2.18. The Labute approximate surface area is 145 Å². The Morgan fingerprint density at radius 1 is 1.54 bits per heavy atom. The molecular weight excluding hydrogens is 346 g/mol. The van der Waals surface area contributed by atoms with Gasteiger partial charge in [-0.3, -0.25) is 15.1 Å². The van der Waals surface area contributed by atoms with E-state index >= 15 is 0 Å². The number of aromatic amines is 1. The zero-order chi connectivity index (χ0) is 17.3. The molecule has 0 aliphatic rings. The van der Waals surface area contributed by atoms with E-state index in [0.29, 0.717) is 22.5 Å². The fourth-order valence-electron chi connectivity index (χ4n) is 2.22. The minimum atomic E-state index is -0.586. The van der Waals surface area contributed by atoms with Crippen LogP contribution in [0.5, 0.6) is 5.75 Å². The number of nitriles is 1. The highest BCUT2D eigenvalue weighted by Crippen LogP contribution is 2.41. The lowest BCUT2D eigenvalue weighted by Gasteiger charge is -2.05. The second-order valence-corrected chi connectivity index (χ2v) is 6.78. The van der Waals surface area contributed by atoms with Gasteiger partial charge in [-0.25, -0.2) is 0 Å². The van der Waals surface area contributed by atoms with Crippen molar-refractivity contribution in [3.8, 4) is 22.3 Å². The van der Waals surface area contributed by atoms with E-state index in [-0.39, 0.29) is 11.3 Å². The summed E-state index contributed by atoms with van der Waals surface area (Å²) < 4.78 is 0. The number of H-pyrrole nitrogens is 1. The quantitative estimate of drug-likeness (QED) is 0.607. The lowest BCUT2D eigenvalue weighted by atomic mass is 10.1. The SMILES string of the molecule is C=C(NOCC)c1ccc(-c2csc3[nH]c(=O)c(C#N)c(O)c23)s1. The van der Waals surface area contributed by atoms with Gasteiger partial charge in [0.2, 0.25) is 0 Å². The van der Waals surface area contributed by atoms with Crippen LogP contribution in [0.25, 0.3) is 26.4 Å². The van der Waals surface area contributed by atoms with Crippen LogP contribution in [-0.2, 0) is 4.84 Å². The van der Waals surface area contributed by atoms with Crippen molar-refractivity contribution in [3.63, 3.8) is 0 Å². The van der Waals surface area contributed by atoms with Gasteiger partial charge in [0.25, 0.3) is 5.56 Å². The summed E-state index contributed by atoms with van der Waals surface area (Å²) in [4.78, 5) is 21.8. The first-order chi connectivity index (χ1) is 11.6. The van der Waals surface area contributed by atoms with Gasteiger partial charge in [-0.1, -0.05) is 6.58 Å². The van der Waals surface area contributed by atoms with E-state index in [1.54, 1.807) is 6.07 Å². The molecule has 0 spiro atoms. The summed E-state index contributed by atoms with van der Waals surface area (Å²) in [6.45, 7) is 6.30. The molecule has 0 bridgehead atoms. The van der Waals surface area contributed by atoms with E-state index in [1.165, 1.54) is 22.7 Å². The van der Waals surface area contributed by atoms with Crippen LogP contribution in [0.2, 0.25) is 0 Å². The van der Waals surface area contributed by atoms with Crippen molar-refractivity contribution in [2.75, 3.05) is 6.61 Å². The summed E-state index contributed by atoms with van der Waals surface area (Å²) in [5.74, 6) is -0.284. The van der Waals surface area contributed by atoms with Gasteiger partial charge in [0.15, 0.2) is 5.56 Å². The molecule has 6 nitrogen and oxygen atoms in total. The number of nitrogens with zero attached hydrogens (tertiary/aromatic N) is 1. The molecule has 0 aliphatic carbocycles. The van der Waals surface area contributed by atoms with Crippen LogP contribution >= 0.6 is 22.7 Å². The number of hydrogen-bond acceptors (Lipinski definition) is 7. The molecule has 0 radical (unpaired) electrons. The van der Waals surface area contributed by atoms with Gasteiger partial charge < -0.3 is 10.1 Å². The van der Waals surface area contributed by atoms with E-state index in [0.717, 1.165) is 15.3 Å². The molecule has 3 aromatic rings. The van der Waals surface area contributed by atoms with Crippen LogP contribution in [-0.4, -0.2) is 16.7 Å². The second kappa shape index (κ2) is 6.49. The van der Waals surface area contributed by atoms with Crippen LogP contribution in [0.1, 0.15) is 17.4 Å². The normalized spacial score (nSPS) is 10.7. The lowest BCUT2D eigenvalue weighted by Crippen LogP contribution is -2.10. The fourth-order valence-corrected chi connectivity index (χ4v) is 4.20. The lowest BCUT2D eigenvalue weighted by molar-refractivity contribution is 0.0903. The van der Waals surface area contributed by atoms with Crippen molar-refractivity contribution < 1.29 is 9.94 Å². The molecule has 0 atom stereocenters. The Morgan fingerprint density at radius 2 is 2.33 bits per heavy atom. The molecule has 24 heavy (non-hydrogen) atoms. The highest BCUT2D eigenvalue weighted by molar-refractivity contribution is 7.19. The van der Waals surface area contributed by atoms with Crippen LogP contribution < -0.4 is 11.0 Å². The molecular formula is C16H13N3O3S2. The van der Waals surface area contributed by atoms with Crippen LogP contribution in [0, 0.1) is 11.3 Å². The van der Waals surface area contributed by atoms with E-state index in [1.807, 2.05) is 24.4 Å². The van der Waals surface area contributed by atoms with Gasteiger partial charge in [0.1, 0.15) is 16.6 Å². The first kappa shape index (κ1) is 16.3. The van der Waals surface area contributed by atoms with Crippen molar-refractivity contribution in [1.29, 1.82) is 5.26 Å². The van der Waals surface area contributed by atoms with E-state index in [2.05, 4.69) is 17.0 Å². The van der Waals surface area contributed by atoms with E-state index in [4.69, 9.17) is 10.1 Å². The predicted molar refractivity (Wildman–Crippen MR) is 95.9 cm³/mol. The van der Waals surface area contributed by atoms with Crippen LogP contribution in [0.4, 0.5) is 0 Å². The van der Waals surface area contributed by atoms with Gasteiger partial charge in [0.05, 0.1) is 22.6 Å². The molecule has 0 fully saturated rings. The number of rotatable bonds is 5. The zero-order valence-corrected chi connectivity index (χ0v) is 14.3. The number of thiophene rings is 2. The maximum atomic E-state index is 11.8. The largest absolute Gasteiger partial charge is 0.506 e. The highest BCUT2D eigenvalue weighted by atomic mass is 32.1. The Kier molecular flexibility index (Phi) is 4.40. The minimum Gasteiger partial charge on any atom is -0.506 e. The molecule has 0 aliphatic heterocycles. The van der Waals surface area contributed by atoms with Gasteiger partial charge in [0, 0.05) is 15.8 Å². The first-order valence-corrected chi connectivity index (χ1v) is 8.70. The van der Waals surface area contributed by atoms with Crippen molar-refractivity contribution in [2.24, 2.45) is 0 Å². The van der Waals surface area contributed by atoms with E-state index in [9.17, 15) is 9.90 Å². The summed E-state index contributed by atoms with van der Waals surface area (Å²) in [6, 6.07) is 5.54. The topological polar surface area (TPSA) is 98.1 Å². The molecule has 122 valence electrons. The summed E-state index contributed by atoms with van der Waals surface area (Å²) >= 11 is 2.78. The monoisotopic (exact) mass is 359 g/mol. The van der Waals surface area contributed by atoms with E-state index < -0.39 is 5.56 Å². The molecule has 0 amide bonds. The molecule has 0 aromatic carbocycles. The number of aromatic nitrogens is 1. The van der Waals surface area contributed by atoms with Crippen LogP contribution in [0.15, 0.2) is 28.9 Å². The Balaban J connectivity index is 2.08. The Hall–Kier alpha value is -2.60. The number of hydrogen-bond donors (Lipinski definition) is 3. The third kappa shape index (κ3) is 2.69. The minimum absolute atomic E-state index is 0.277. The summed E-state index contributed by atoms with van der Waals surface area (Å²) in [6.07, 6.45) is 0. The molecule has 3 rings (SSSR count). The van der Waals surface area contributed by atoms with Gasteiger partial charge in [-0.05, 0) is 19.1 Å².